The number of hydrogen-bond donors (Lipinski definition) is 1. The Bertz CT molecular complexity index is 956. The van der Waals surface area contributed by atoms with E-state index in [1.165, 1.54) is 6.42 Å². The van der Waals surface area contributed by atoms with Gasteiger partial charge in [0.2, 0.25) is 0 Å². The van der Waals surface area contributed by atoms with E-state index in [9.17, 15) is 9.59 Å². The lowest BCUT2D eigenvalue weighted by Crippen LogP contribution is -2.41. The van der Waals surface area contributed by atoms with E-state index < -0.39 is 0 Å². The van der Waals surface area contributed by atoms with Gasteiger partial charge < -0.3 is 10.2 Å². The van der Waals surface area contributed by atoms with Crippen molar-refractivity contribution in [3.05, 3.63) is 66.2 Å². The van der Waals surface area contributed by atoms with Crippen LogP contribution in [0.25, 0.3) is 0 Å². The number of fused-ring (bicyclic) bond motifs is 2. The molecule has 1 saturated carbocycles. The van der Waals surface area contributed by atoms with Crippen LogP contribution in [0.3, 0.4) is 0 Å². The number of nitrogens with one attached hydrogen (secondary N) is 1. The predicted molar refractivity (Wildman–Crippen MR) is 118 cm³/mol. The van der Waals surface area contributed by atoms with Crippen molar-refractivity contribution in [3.63, 3.8) is 0 Å². The minimum absolute atomic E-state index is 0.0646. The van der Waals surface area contributed by atoms with E-state index in [2.05, 4.69) is 18.8 Å². The van der Waals surface area contributed by atoms with Crippen LogP contribution < -0.4 is 10.2 Å². The van der Waals surface area contributed by atoms with Crippen molar-refractivity contribution in [1.82, 2.24) is 5.32 Å². The molecule has 1 aliphatic carbocycles. The van der Waals surface area contributed by atoms with E-state index in [1.54, 1.807) is 22.7 Å². The number of rotatable bonds is 4. The molecule has 2 atom stereocenters. The van der Waals surface area contributed by atoms with Gasteiger partial charge in [-0.3, -0.25) is 9.59 Å². The SMILES string of the molecule is C=CCN1C(=O)c2ccccc2Sc2ccc(C(=O)N[C@H]3CCCC[C@@H]3C)cc21. The molecule has 2 amide bonds. The Labute approximate surface area is 176 Å². The molecule has 2 aromatic carbocycles. The van der Waals surface area contributed by atoms with E-state index in [-0.39, 0.29) is 17.9 Å². The highest BCUT2D eigenvalue weighted by Crippen LogP contribution is 2.41. The molecule has 0 unspecified atom stereocenters. The standard InChI is InChI=1S/C24H26N2O2S/c1-3-14-26-20-15-17(23(27)25-19-10-6-4-8-16(19)2)12-13-22(20)29-21-11-7-5-9-18(21)24(26)28/h3,5,7,9,11-13,15-16,19H,1,4,6,8,10,14H2,2H3,(H,25,27)/t16-,19-/m0/s1. The highest BCUT2D eigenvalue weighted by atomic mass is 32.2. The van der Waals surface area contributed by atoms with Crippen LogP contribution in [-0.4, -0.2) is 24.4 Å². The van der Waals surface area contributed by atoms with E-state index in [0.717, 1.165) is 34.7 Å². The molecule has 1 aliphatic heterocycles. The Morgan fingerprint density at radius 3 is 2.79 bits per heavy atom. The molecule has 0 bridgehead atoms. The minimum Gasteiger partial charge on any atom is -0.349 e. The van der Waals surface area contributed by atoms with Crippen LogP contribution in [0.2, 0.25) is 0 Å². The fraction of sp³-hybridized carbons (Fsp3) is 0.333. The van der Waals surface area contributed by atoms with Crippen LogP contribution in [0.4, 0.5) is 5.69 Å². The first-order valence-electron chi connectivity index (χ1n) is 10.2. The van der Waals surface area contributed by atoms with Crippen molar-refractivity contribution in [1.29, 1.82) is 0 Å². The summed E-state index contributed by atoms with van der Waals surface area (Å²) in [5, 5.41) is 3.21. The largest absolute Gasteiger partial charge is 0.349 e. The molecule has 0 saturated heterocycles. The van der Waals surface area contributed by atoms with Crippen molar-refractivity contribution < 1.29 is 9.59 Å². The maximum Gasteiger partial charge on any atom is 0.259 e. The van der Waals surface area contributed by atoms with Crippen molar-refractivity contribution in [2.75, 3.05) is 11.4 Å². The van der Waals surface area contributed by atoms with Gasteiger partial charge in [0.25, 0.3) is 11.8 Å². The van der Waals surface area contributed by atoms with E-state index in [0.29, 0.717) is 23.6 Å². The molecule has 5 heteroatoms. The summed E-state index contributed by atoms with van der Waals surface area (Å²) in [6.45, 7) is 6.41. The molecule has 1 heterocycles. The lowest BCUT2D eigenvalue weighted by Gasteiger charge is -2.29. The number of nitrogens with zero attached hydrogens (tertiary/aromatic N) is 1. The number of benzene rings is 2. The molecule has 150 valence electrons. The molecule has 0 aromatic heterocycles. The fourth-order valence-corrected chi connectivity index (χ4v) is 5.21. The summed E-state index contributed by atoms with van der Waals surface area (Å²) in [7, 11) is 0. The Balaban J connectivity index is 1.67. The number of carbonyl (C=O) groups is 2. The molecule has 0 radical (unpaired) electrons. The van der Waals surface area contributed by atoms with Crippen molar-refractivity contribution >= 4 is 29.3 Å². The van der Waals surface area contributed by atoms with Crippen LogP contribution in [0, 0.1) is 5.92 Å². The third-order valence-corrected chi connectivity index (χ3v) is 6.98. The molecular formula is C24H26N2O2S. The number of anilines is 1. The first-order valence-corrected chi connectivity index (χ1v) is 11.0. The van der Waals surface area contributed by atoms with Crippen molar-refractivity contribution in [2.45, 2.75) is 48.4 Å². The van der Waals surface area contributed by atoms with Crippen LogP contribution in [0.5, 0.6) is 0 Å². The van der Waals surface area contributed by atoms with Gasteiger partial charge in [0, 0.05) is 27.9 Å². The third kappa shape index (κ3) is 3.97. The second-order valence-electron chi connectivity index (χ2n) is 7.83. The molecule has 4 rings (SSSR count). The van der Waals surface area contributed by atoms with Gasteiger partial charge in [-0.15, -0.1) is 6.58 Å². The maximum atomic E-state index is 13.2. The molecular weight excluding hydrogens is 380 g/mol. The zero-order valence-corrected chi connectivity index (χ0v) is 17.5. The summed E-state index contributed by atoms with van der Waals surface area (Å²) in [5.41, 5.74) is 2.04. The second-order valence-corrected chi connectivity index (χ2v) is 8.91. The maximum absolute atomic E-state index is 13.2. The van der Waals surface area contributed by atoms with Crippen molar-refractivity contribution in [2.24, 2.45) is 5.92 Å². The summed E-state index contributed by atoms with van der Waals surface area (Å²) in [4.78, 5) is 29.8. The highest BCUT2D eigenvalue weighted by molar-refractivity contribution is 7.99. The van der Waals surface area contributed by atoms with Gasteiger partial charge in [0.15, 0.2) is 0 Å². The first-order chi connectivity index (χ1) is 14.1. The molecule has 4 nitrogen and oxygen atoms in total. The molecule has 29 heavy (non-hydrogen) atoms. The highest BCUT2D eigenvalue weighted by Gasteiger charge is 2.28. The van der Waals surface area contributed by atoms with Gasteiger partial charge in [0.1, 0.15) is 0 Å². The van der Waals surface area contributed by atoms with Gasteiger partial charge in [-0.25, -0.2) is 0 Å². The van der Waals surface area contributed by atoms with E-state index in [4.69, 9.17) is 0 Å². The Kier molecular flexibility index (Phi) is 5.76. The van der Waals surface area contributed by atoms with Gasteiger partial charge in [-0.05, 0) is 49.1 Å². The smallest absolute Gasteiger partial charge is 0.259 e. The fourth-order valence-electron chi connectivity index (χ4n) is 4.15. The number of hydrogen-bond acceptors (Lipinski definition) is 3. The molecule has 2 aromatic rings. The summed E-state index contributed by atoms with van der Waals surface area (Å²) < 4.78 is 0. The van der Waals surface area contributed by atoms with Gasteiger partial charge in [0.05, 0.1) is 11.3 Å². The average Bonchev–Trinajstić information content (AvgIpc) is 2.84. The van der Waals surface area contributed by atoms with Gasteiger partial charge in [-0.2, -0.15) is 0 Å². The van der Waals surface area contributed by atoms with Gasteiger partial charge in [-0.1, -0.05) is 49.7 Å². The summed E-state index contributed by atoms with van der Waals surface area (Å²) in [6.07, 6.45) is 6.31. The normalized spacial score (nSPS) is 21.0. The van der Waals surface area contributed by atoms with Crippen molar-refractivity contribution in [3.8, 4) is 0 Å². The Morgan fingerprint density at radius 1 is 1.21 bits per heavy atom. The predicted octanol–water partition coefficient (Wildman–Crippen LogP) is 5.29. The number of carbonyl (C=O) groups excluding carboxylic acids is 2. The lowest BCUT2D eigenvalue weighted by molar-refractivity contribution is 0.0908. The molecule has 0 spiro atoms. The Hall–Kier alpha value is -2.53. The first kappa shape index (κ1) is 19.8. The topological polar surface area (TPSA) is 49.4 Å². The Morgan fingerprint density at radius 2 is 2.00 bits per heavy atom. The minimum atomic E-state index is -0.0655. The number of amides is 2. The van der Waals surface area contributed by atoms with Crippen LogP contribution in [0.1, 0.15) is 53.3 Å². The zero-order chi connectivity index (χ0) is 20.4. The molecule has 1 N–H and O–H groups in total. The summed E-state index contributed by atoms with van der Waals surface area (Å²) >= 11 is 1.56. The lowest BCUT2D eigenvalue weighted by atomic mass is 9.86. The molecule has 1 fully saturated rings. The second kappa shape index (κ2) is 8.46. The molecule has 2 aliphatic rings. The van der Waals surface area contributed by atoms with Crippen LogP contribution in [-0.2, 0) is 0 Å². The van der Waals surface area contributed by atoms with Gasteiger partial charge >= 0.3 is 0 Å². The zero-order valence-electron chi connectivity index (χ0n) is 16.7. The quantitative estimate of drug-likeness (QED) is 0.702. The average molecular weight is 407 g/mol. The summed E-state index contributed by atoms with van der Waals surface area (Å²) in [6, 6.07) is 13.5. The van der Waals surface area contributed by atoms with E-state index >= 15 is 0 Å². The third-order valence-electron chi connectivity index (χ3n) is 5.83. The van der Waals surface area contributed by atoms with Crippen LogP contribution >= 0.6 is 11.8 Å². The monoisotopic (exact) mass is 406 g/mol. The summed E-state index contributed by atoms with van der Waals surface area (Å²) in [5.74, 6) is 0.368. The van der Waals surface area contributed by atoms with Crippen LogP contribution in [0.15, 0.2) is 64.9 Å². The van der Waals surface area contributed by atoms with E-state index in [1.807, 2.05) is 42.5 Å².